The molecular formula is C35H32ClFN4O5. The molecular weight excluding hydrogens is 611 g/mol. The molecule has 3 aromatic carbocycles. The zero-order valence-electron chi connectivity index (χ0n) is 25.1. The maximum atomic E-state index is 14.9. The first-order valence-corrected chi connectivity index (χ1v) is 15.4. The molecule has 1 unspecified atom stereocenters. The van der Waals surface area contributed by atoms with Gasteiger partial charge in [-0.25, -0.2) is 9.18 Å². The summed E-state index contributed by atoms with van der Waals surface area (Å²) in [5.41, 5.74) is 4.00. The van der Waals surface area contributed by atoms with Gasteiger partial charge in [-0.15, -0.1) is 0 Å². The minimum atomic E-state index is -1.08. The van der Waals surface area contributed by atoms with E-state index in [1.54, 1.807) is 25.3 Å². The number of carboxylic acid groups (broad SMARTS) is 1. The summed E-state index contributed by atoms with van der Waals surface area (Å²) in [6.07, 6.45) is 5.37. The number of rotatable bonds is 7. The summed E-state index contributed by atoms with van der Waals surface area (Å²) in [6.45, 7) is 1.87. The van der Waals surface area contributed by atoms with Crippen molar-refractivity contribution in [2.45, 2.75) is 31.4 Å². The Labute approximate surface area is 270 Å². The molecule has 1 atom stereocenters. The molecule has 0 saturated carbocycles. The Morgan fingerprint density at radius 1 is 0.978 bits per heavy atom. The number of amides is 2. The number of carbonyl (C=O) groups is 3. The Morgan fingerprint density at radius 3 is 2.43 bits per heavy atom. The molecule has 46 heavy (non-hydrogen) atoms. The molecule has 1 aromatic heterocycles. The predicted octanol–water partition coefficient (Wildman–Crippen LogP) is 6.23. The second-order valence-electron chi connectivity index (χ2n) is 11.4. The van der Waals surface area contributed by atoms with Crippen LogP contribution < -0.4 is 10.2 Å². The zero-order valence-corrected chi connectivity index (χ0v) is 25.8. The number of carboxylic acids is 1. The van der Waals surface area contributed by atoms with E-state index in [1.165, 1.54) is 47.6 Å². The molecule has 2 N–H and O–H groups in total. The van der Waals surface area contributed by atoms with E-state index in [-0.39, 0.29) is 34.4 Å². The van der Waals surface area contributed by atoms with Crippen LogP contribution >= 0.6 is 11.6 Å². The number of anilines is 2. The fourth-order valence-electron chi connectivity index (χ4n) is 6.28. The average molecular weight is 643 g/mol. The zero-order chi connectivity index (χ0) is 32.4. The number of halogens is 2. The number of aromatic carboxylic acids is 1. The summed E-state index contributed by atoms with van der Waals surface area (Å²) in [5.74, 6) is -2.57. The van der Waals surface area contributed by atoms with Crippen LogP contribution in [0.15, 0.2) is 79.1 Å². The third-order valence-electron chi connectivity index (χ3n) is 8.67. The molecule has 236 valence electrons. The first-order valence-electron chi connectivity index (χ1n) is 15.0. The highest BCUT2D eigenvalue weighted by atomic mass is 35.5. The normalized spacial score (nSPS) is 16.5. The van der Waals surface area contributed by atoms with Crippen LogP contribution in [0.25, 0.3) is 11.1 Å². The van der Waals surface area contributed by atoms with E-state index < -0.39 is 29.6 Å². The Morgan fingerprint density at radius 2 is 1.72 bits per heavy atom. The number of fused-ring (bicyclic) bond motifs is 1. The summed E-state index contributed by atoms with van der Waals surface area (Å²) in [7, 11) is 1.73. The molecule has 1 fully saturated rings. The molecule has 0 spiro atoms. The lowest BCUT2D eigenvalue weighted by molar-refractivity contribution is -0.121. The topological polar surface area (TPSA) is 112 Å². The first-order chi connectivity index (χ1) is 22.2. The Hall–Kier alpha value is -4.80. The second-order valence-corrected chi connectivity index (χ2v) is 11.8. The predicted molar refractivity (Wildman–Crippen MR) is 173 cm³/mol. The summed E-state index contributed by atoms with van der Waals surface area (Å²) in [5, 5.41) is 12.1. The number of nitrogens with one attached hydrogen (secondary N) is 1. The van der Waals surface area contributed by atoms with Gasteiger partial charge in [0.15, 0.2) is 0 Å². The van der Waals surface area contributed by atoms with Gasteiger partial charge in [-0.3, -0.25) is 14.6 Å². The number of ether oxygens (including phenoxy) is 1. The first kappa shape index (κ1) is 31.2. The van der Waals surface area contributed by atoms with Gasteiger partial charge in [0.05, 0.1) is 22.3 Å². The summed E-state index contributed by atoms with van der Waals surface area (Å²) in [4.78, 5) is 47.7. The molecule has 11 heteroatoms. The van der Waals surface area contributed by atoms with Crippen LogP contribution in [0.2, 0.25) is 5.02 Å². The van der Waals surface area contributed by atoms with Gasteiger partial charge in [0.1, 0.15) is 11.9 Å². The van der Waals surface area contributed by atoms with Gasteiger partial charge in [-0.2, -0.15) is 0 Å². The molecule has 4 aromatic rings. The van der Waals surface area contributed by atoms with E-state index >= 15 is 0 Å². The third kappa shape index (κ3) is 6.18. The summed E-state index contributed by atoms with van der Waals surface area (Å²) >= 11 is 6.01. The van der Waals surface area contributed by atoms with E-state index in [9.17, 15) is 23.9 Å². The summed E-state index contributed by atoms with van der Waals surface area (Å²) < 4.78 is 20.4. The molecule has 0 bridgehead atoms. The third-order valence-corrected chi connectivity index (χ3v) is 8.96. The Bertz CT molecular complexity index is 1790. The van der Waals surface area contributed by atoms with E-state index in [2.05, 4.69) is 21.3 Å². The van der Waals surface area contributed by atoms with Crippen LogP contribution in [0, 0.1) is 5.82 Å². The van der Waals surface area contributed by atoms with Gasteiger partial charge in [-0.1, -0.05) is 35.9 Å². The minimum absolute atomic E-state index is 0.0442. The molecule has 1 saturated heterocycles. The number of carbonyl (C=O) groups excluding carboxylic acids is 2. The number of benzene rings is 3. The lowest BCUT2D eigenvalue weighted by atomic mass is 9.89. The standard InChI is InChI=1S/C35H32ClFN4O5/c1-46-25-12-15-40(16-13-25)30-7-3-5-28-27(30)14-17-41(32(28)33(42)39-24-10-8-21(9-11-24)35(44)45)34(43)23-18-22(19-38-20-23)26-4-2-6-29(36)31(26)37/h2-11,18-20,25,32H,12-17H2,1H3,(H,39,42)(H,44,45). The van der Waals surface area contributed by atoms with Gasteiger partial charge in [0.2, 0.25) is 0 Å². The van der Waals surface area contributed by atoms with Crippen molar-refractivity contribution in [3.8, 4) is 11.1 Å². The number of hydrogen-bond acceptors (Lipinski definition) is 6. The lowest BCUT2D eigenvalue weighted by Crippen LogP contribution is -2.46. The number of pyridine rings is 1. The van der Waals surface area contributed by atoms with Gasteiger partial charge >= 0.3 is 5.97 Å². The Balaban J connectivity index is 1.36. The van der Waals surface area contributed by atoms with Gasteiger partial charge in [0, 0.05) is 61.6 Å². The van der Waals surface area contributed by atoms with Crippen LogP contribution in [0.5, 0.6) is 0 Å². The van der Waals surface area contributed by atoms with Crippen LogP contribution in [0.3, 0.4) is 0 Å². The Kier molecular flexibility index (Phi) is 9.01. The molecule has 6 rings (SSSR count). The van der Waals surface area contributed by atoms with Crippen molar-refractivity contribution in [1.29, 1.82) is 0 Å². The fourth-order valence-corrected chi connectivity index (χ4v) is 6.46. The van der Waals surface area contributed by atoms with Crippen molar-refractivity contribution in [3.63, 3.8) is 0 Å². The fraction of sp³-hybridized carbons (Fsp3) is 0.257. The number of piperidine rings is 1. The molecule has 0 aliphatic carbocycles. The molecule has 2 aliphatic rings. The van der Waals surface area contributed by atoms with Gasteiger partial charge in [-0.05, 0) is 72.9 Å². The number of hydrogen-bond donors (Lipinski definition) is 2. The summed E-state index contributed by atoms with van der Waals surface area (Å²) in [6, 6.07) is 16.8. The quantitative estimate of drug-likeness (QED) is 0.246. The van der Waals surface area contributed by atoms with Gasteiger partial charge in [0.25, 0.3) is 11.8 Å². The lowest BCUT2D eigenvalue weighted by Gasteiger charge is -2.40. The molecule has 2 aliphatic heterocycles. The van der Waals surface area contributed by atoms with Crippen molar-refractivity contribution in [2.75, 3.05) is 37.0 Å². The number of methoxy groups -OCH3 is 1. The monoisotopic (exact) mass is 642 g/mol. The molecule has 9 nitrogen and oxygen atoms in total. The number of nitrogens with zero attached hydrogens (tertiary/aromatic N) is 3. The highest BCUT2D eigenvalue weighted by molar-refractivity contribution is 6.31. The van der Waals surface area contributed by atoms with Crippen LogP contribution in [-0.2, 0) is 16.0 Å². The van der Waals surface area contributed by atoms with E-state index in [0.717, 1.165) is 37.2 Å². The highest BCUT2D eigenvalue weighted by Gasteiger charge is 2.38. The maximum absolute atomic E-state index is 14.9. The van der Waals surface area contributed by atoms with E-state index in [4.69, 9.17) is 16.3 Å². The highest BCUT2D eigenvalue weighted by Crippen LogP contribution is 2.38. The van der Waals surface area contributed by atoms with Crippen LogP contribution in [0.1, 0.15) is 50.7 Å². The molecule has 2 amide bonds. The van der Waals surface area contributed by atoms with E-state index in [0.29, 0.717) is 23.2 Å². The molecule has 0 radical (unpaired) electrons. The van der Waals surface area contributed by atoms with Crippen molar-refractivity contribution in [3.05, 3.63) is 112 Å². The number of aromatic nitrogens is 1. The molecule has 3 heterocycles. The second kappa shape index (κ2) is 13.3. The van der Waals surface area contributed by atoms with Crippen molar-refractivity contribution < 1.29 is 28.6 Å². The largest absolute Gasteiger partial charge is 0.478 e. The minimum Gasteiger partial charge on any atom is -0.478 e. The van der Waals surface area contributed by atoms with Crippen LogP contribution in [-0.4, -0.2) is 65.6 Å². The van der Waals surface area contributed by atoms with Crippen molar-refractivity contribution >= 4 is 40.8 Å². The SMILES string of the molecule is COC1CCN(c2cccc3c2CCN(C(=O)c2cncc(-c4cccc(Cl)c4F)c2)C3C(=O)Nc2ccc(C(=O)O)cc2)CC1. The van der Waals surface area contributed by atoms with E-state index in [1.807, 2.05) is 12.1 Å². The van der Waals surface area contributed by atoms with Crippen molar-refractivity contribution in [2.24, 2.45) is 0 Å². The van der Waals surface area contributed by atoms with Crippen molar-refractivity contribution in [1.82, 2.24) is 9.88 Å². The van der Waals surface area contributed by atoms with Gasteiger partial charge < -0.3 is 25.0 Å². The smallest absolute Gasteiger partial charge is 0.335 e. The average Bonchev–Trinajstić information content (AvgIpc) is 3.08. The maximum Gasteiger partial charge on any atom is 0.335 e. The van der Waals surface area contributed by atoms with Crippen LogP contribution in [0.4, 0.5) is 15.8 Å².